The maximum Gasteiger partial charge on any atom is 0.187 e. The molecule has 4 atom stereocenters. The molecule has 0 aromatic heterocycles. The minimum Gasteiger partial charge on any atom is -0.393 e. The summed E-state index contributed by atoms with van der Waals surface area (Å²) < 4.78 is 16.3. The van der Waals surface area contributed by atoms with Gasteiger partial charge in [0.05, 0.1) is 12.7 Å². The van der Waals surface area contributed by atoms with Crippen LogP contribution in [0.3, 0.4) is 0 Å². The van der Waals surface area contributed by atoms with Gasteiger partial charge in [0, 0.05) is 7.11 Å². The second kappa shape index (κ2) is 6.47. The van der Waals surface area contributed by atoms with E-state index in [1.165, 1.54) is 7.11 Å². The first-order chi connectivity index (χ1) is 8.04. The first-order valence-electron chi connectivity index (χ1n) is 5.83. The van der Waals surface area contributed by atoms with Crippen molar-refractivity contribution in [3.63, 3.8) is 0 Å². The lowest BCUT2D eigenvalue weighted by molar-refractivity contribution is -0.265. The summed E-state index contributed by atoms with van der Waals surface area (Å²) in [6.45, 7) is 5.38. The third-order valence-corrected chi connectivity index (χ3v) is 2.75. The van der Waals surface area contributed by atoms with E-state index in [-0.39, 0.29) is 12.7 Å². The van der Waals surface area contributed by atoms with Gasteiger partial charge in [0.1, 0.15) is 18.3 Å². The number of hydrogen-bond donors (Lipinski definition) is 2. The molecular weight excluding hydrogens is 224 g/mol. The predicted molar refractivity (Wildman–Crippen MR) is 62.5 cm³/mol. The molecule has 0 saturated carbocycles. The van der Waals surface area contributed by atoms with E-state index in [0.29, 0.717) is 0 Å². The Kier molecular flexibility index (Phi) is 5.55. The Morgan fingerprint density at radius 3 is 2.53 bits per heavy atom. The maximum atomic E-state index is 10.1. The maximum absolute atomic E-state index is 10.1. The van der Waals surface area contributed by atoms with E-state index in [2.05, 4.69) is 0 Å². The zero-order valence-electron chi connectivity index (χ0n) is 10.8. The largest absolute Gasteiger partial charge is 0.393 e. The molecule has 1 fully saturated rings. The van der Waals surface area contributed by atoms with Gasteiger partial charge in [0.15, 0.2) is 6.29 Å². The molecular formula is C12H22O5. The average Bonchev–Trinajstić information content (AvgIpc) is 2.30. The summed E-state index contributed by atoms with van der Waals surface area (Å²) in [5.41, 5.74) is 0.742. The van der Waals surface area contributed by atoms with Gasteiger partial charge in [-0.05, 0) is 26.3 Å². The fourth-order valence-corrected chi connectivity index (χ4v) is 2.00. The van der Waals surface area contributed by atoms with Gasteiger partial charge in [-0.2, -0.15) is 0 Å². The Bertz CT molecular complexity index is 264. The van der Waals surface area contributed by atoms with Crippen LogP contribution < -0.4 is 0 Å². The molecule has 1 aliphatic rings. The molecule has 0 aromatic rings. The van der Waals surface area contributed by atoms with Crippen LogP contribution in [0.1, 0.15) is 20.8 Å². The molecule has 4 unspecified atom stereocenters. The number of aliphatic hydroxyl groups excluding tert-OH is 2. The lowest BCUT2D eigenvalue weighted by atomic mass is 9.95. The second-order valence-corrected chi connectivity index (χ2v) is 4.30. The second-order valence-electron chi connectivity index (χ2n) is 4.30. The lowest BCUT2D eigenvalue weighted by Gasteiger charge is -2.40. The molecule has 0 spiro atoms. The van der Waals surface area contributed by atoms with Crippen molar-refractivity contribution in [3.8, 4) is 0 Å². The summed E-state index contributed by atoms with van der Waals surface area (Å²) in [6.07, 6.45) is -0.938. The highest BCUT2D eigenvalue weighted by molar-refractivity contribution is 5.18. The van der Waals surface area contributed by atoms with Crippen molar-refractivity contribution in [2.24, 2.45) is 0 Å². The minimum atomic E-state index is -0.892. The lowest BCUT2D eigenvalue weighted by Crippen LogP contribution is -2.53. The van der Waals surface area contributed by atoms with Gasteiger partial charge >= 0.3 is 0 Å². The van der Waals surface area contributed by atoms with E-state index in [4.69, 9.17) is 14.2 Å². The average molecular weight is 246 g/mol. The SMILES string of the molecule is C/C=C1\C(CO)OC(OC(C)C)C(O)C1OC. The van der Waals surface area contributed by atoms with Crippen LogP contribution in [0, 0.1) is 0 Å². The molecule has 1 aliphatic heterocycles. The van der Waals surface area contributed by atoms with Gasteiger partial charge in [0.2, 0.25) is 0 Å². The van der Waals surface area contributed by atoms with Crippen LogP contribution in [0.5, 0.6) is 0 Å². The Balaban J connectivity index is 2.86. The molecule has 100 valence electrons. The van der Waals surface area contributed by atoms with Crippen molar-refractivity contribution in [3.05, 3.63) is 11.6 Å². The van der Waals surface area contributed by atoms with Crippen LogP contribution in [0.4, 0.5) is 0 Å². The van der Waals surface area contributed by atoms with Crippen LogP contribution in [0.15, 0.2) is 11.6 Å². The fraction of sp³-hybridized carbons (Fsp3) is 0.833. The van der Waals surface area contributed by atoms with Crippen LogP contribution in [0.25, 0.3) is 0 Å². The highest BCUT2D eigenvalue weighted by atomic mass is 16.7. The Morgan fingerprint density at radius 1 is 1.47 bits per heavy atom. The summed E-state index contributed by atoms with van der Waals surface area (Å²) in [6, 6.07) is 0. The van der Waals surface area contributed by atoms with Gasteiger partial charge in [-0.3, -0.25) is 0 Å². The third-order valence-electron chi connectivity index (χ3n) is 2.75. The van der Waals surface area contributed by atoms with E-state index < -0.39 is 24.6 Å². The van der Waals surface area contributed by atoms with Crippen LogP contribution >= 0.6 is 0 Å². The van der Waals surface area contributed by atoms with Gasteiger partial charge in [-0.1, -0.05) is 6.08 Å². The van der Waals surface area contributed by atoms with Crippen molar-refractivity contribution in [1.82, 2.24) is 0 Å². The van der Waals surface area contributed by atoms with E-state index in [0.717, 1.165) is 5.57 Å². The molecule has 1 rings (SSSR count). The number of allylic oxidation sites excluding steroid dienone is 1. The van der Waals surface area contributed by atoms with Crippen LogP contribution in [0.2, 0.25) is 0 Å². The number of ether oxygens (including phenoxy) is 3. The van der Waals surface area contributed by atoms with Crippen molar-refractivity contribution < 1.29 is 24.4 Å². The monoisotopic (exact) mass is 246 g/mol. The van der Waals surface area contributed by atoms with Gasteiger partial charge in [0.25, 0.3) is 0 Å². The minimum absolute atomic E-state index is 0.0707. The Labute approximate surface area is 102 Å². The van der Waals surface area contributed by atoms with E-state index in [1.54, 1.807) is 6.08 Å². The zero-order chi connectivity index (χ0) is 13.0. The fourth-order valence-electron chi connectivity index (χ4n) is 2.00. The van der Waals surface area contributed by atoms with Crippen molar-refractivity contribution in [2.45, 2.75) is 51.5 Å². The highest BCUT2D eigenvalue weighted by Crippen LogP contribution is 2.28. The van der Waals surface area contributed by atoms with Gasteiger partial charge in [-0.15, -0.1) is 0 Å². The number of aliphatic hydroxyl groups is 2. The van der Waals surface area contributed by atoms with Crippen molar-refractivity contribution in [1.29, 1.82) is 0 Å². The molecule has 0 amide bonds. The van der Waals surface area contributed by atoms with E-state index in [1.807, 2.05) is 20.8 Å². The molecule has 0 aromatic carbocycles. The molecule has 5 nitrogen and oxygen atoms in total. The topological polar surface area (TPSA) is 68.2 Å². The number of rotatable bonds is 4. The third kappa shape index (κ3) is 3.26. The van der Waals surface area contributed by atoms with E-state index in [9.17, 15) is 10.2 Å². The highest BCUT2D eigenvalue weighted by Gasteiger charge is 2.41. The Morgan fingerprint density at radius 2 is 2.12 bits per heavy atom. The van der Waals surface area contributed by atoms with Gasteiger partial charge < -0.3 is 24.4 Å². The molecule has 0 bridgehead atoms. The summed E-state index contributed by atoms with van der Waals surface area (Å²) in [5.74, 6) is 0. The first-order valence-corrected chi connectivity index (χ1v) is 5.83. The summed E-state index contributed by atoms with van der Waals surface area (Å²) in [5, 5.41) is 19.4. The van der Waals surface area contributed by atoms with Crippen LogP contribution in [-0.2, 0) is 14.2 Å². The quantitative estimate of drug-likeness (QED) is 0.705. The summed E-state index contributed by atoms with van der Waals surface area (Å²) >= 11 is 0. The molecule has 5 heteroatoms. The number of hydrogen-bond acceptors (Lipinski definition) is 5. The smallest absolute Gasteiger partial charge is 0.187 e. The molecule has 0 aliphatic carbocycles. The zero-order valence-corrected chi connectivity index (χ0v) is 10.8. The molecule has 1 heterocycles. The Hall–Kier alpha value is -0.460. The summed E-state index contributed by atoms with van der Waals surface area (Å²) in [7, 11) is 1.52. The standard InChI is InChI=1S/C12H22O5/c1-5-8-9(6-13)17-12(16-7(2)3)10(14)11(8)15-4/h5,7,9-14H,6H2,1-4H3/b8-5+. The van der Waals surface area contributed by atoms with Crippen molar-refractivity contribution >= 4 is 0 Å². The molecule has 17 heavy (non-hydrogen) atoms. The first kappa shape index (κ1) is 14.6. The summed E-state index contributed by atoms with van der Waals surface area (Å²) in [4.78, 5) is 0. The van der Waals surface area contributed by atoms with E-state index >= 15 is 0 Å². The normalized spacial score (nSPS) is 36.8. The van der Waals surface area contributed by atoms with Crippen molar-refractivity contribution in [2.75, 3.05) is 13.7 Å². The molecule has 2 N–H and O–H groups in total. The van der Waals surface area contributed by atoms with Crippen LogP contribution in [-0.4, -0.2) is 54.6 Å². The molecule has 1 saturated heterocycles. The van der Waals surface area contributed by atoms with Gasteiger partial charge in [-0.25, -0.2) is 0 Å². The predicted octanol–water partition coefficient (Wildman–Crippen LogP) is 0.451. The molecule has 0 radical (unpaired) electrons. The number of methoxy groups -OCH3 is 1.